The first kappa shape index (κ1) is 30.7. The van der Waals surface area contributed by atoms with Crippen molar-refractivity contribution in [3.8, 4) is 40.3 Å². The summed E-state index contributed by atoms with van der Waals surface area (Å²) in [6, 6.07) is 65.9. The van der Waals surface area contributed by atoms with E-state index in [4.69, 9.17) is 0 Å². The summed E-state index contributed by atoms with van der Waals surface area (Å²) in [6.45, 7) is 0. The zero-order valence-electron chi connectivity index (χ0n) is 29.5. The SMILES string of the molecule is N#Cc1ccc2c3ccccc3n(-c3c(C#N)cccc3-c3ccc(-n4c5ccccc5c5cccc(-n6c7ccccc7c7ccccc76)c54)cc3)c2c1. The largest absolute Gasteiger partial charge is 0.307 e. The van der Waals surface area contributed by atoms with Gasteiger partial charge in [0.2, 0.25) is 0 Å². The predicted octanol–water partition coefficient (Wildman–Crippen LogP) is 12.4. The first-order valence-corrected chi connectivity index (χ1v) is 18.3. The van der Waals surface area contributed by atoms with Gasteiger partial charge < -0.3 is 13.7 Å². The van der Waals surface area contributed by atoms with E-state index >= 15 is 0 Å². The van der Waals surface area contributed by atoms with E-state index in [1.165, 1.54) is 32.6 Å². The third kappa shape index (κ3) is 4.39. The summed E-state index contributed by atoms with van der Waals surface area (Å²) < 4.78 is 6.94. The van der Waals surface area contributed by atoms with Crippen LogP contribution in [0.25, 0.3) is 93.6 Å². The third-order valence-electron chi connectivity index (χ3n) is 11.1. The number of nitriles is 2. The summed E-state index contributed by atoms with van der Waals surface area (Å²) in [6.07, 6.45) is 0. The van der Waals surface area contributed by atoms with Crippen molar-refractivity contribution in [1.82, 2.24) is 13.7 Å². The molecule has 8 aromatic carbocycles. The average molecular weight is 700 g/mol. The highest BCUT2D eigenvalue weighted by Gasteiger charge is 2.22. The Bertz CT molecular complexity index is 3400. The van der Waals surface area contributed by atoms with Crippen molar-refractivity contribution in [2.75, 3.05) is 0 Å². The van der Waals surface area contributed by atoms with E-state index < -0.39 is 0 Å². The summed E-state index contributed by atoms with van der Waals surface area (Å²) in [7, 11) is 0. The van der Waals surface area contributed by atoms with E-state index in [0.717, 1.165) is 61.0 Å². The van der Waals surface area contributed by atoms with Gasteiger partial charge in [0.1, 0.15) is 6.07 Å². The molecular weight excluding hydrogens is 671 g/mol. The average Bonchev–Trinajstić information content (AvgIpc) is 3.89. The number of para-hydroxylation sites is 6. The van der Waals surface area contributed by atoms with Crippen LogP contribution in [0.5, 0.6) is 0 Å². The predicted molar refractivity (Wildman–Crippen MR) is 224 cm³/mol. The monoisotopic (exact) mass is 699 g/mol. The number of aromatic nitrogens is 3. The van der Waals surface area contributed by atoms with Gasteiger partial charge in [-0.2, -0.15) is 10.5 Å². The lowest BCUT2D eigenvalue weighted by molar-refractivity contribution is 1.13. The molecule has 0 saturated carbocycles. The minimum absolute atomic E-state index is 0.560. The first-order valence-electron chi connectivity index (χ1n) is 18.3. The number of nitrogens with zero attached hydrogens (tertiary/aromatic N) is 5. The van der Waals surface area contributed by atoms with Crippen LogP contribution < -0.4 is 0 Å². The lowest BCUT2D eigenvalue weighted by Gasteiger charge is -2.17. The fraction of sp³-hybridized carbons (Fsp3) is 0. The van der Waals surface area contributed by atoms with E-state index in [1.807, 2.05) is 42.5 Å². The molecule has 0 saturated heterocycles. The van der Waals surface area contributed by atoms with Crippen LogP contribution in [0.1, 0.15) is 11.1 Å². The number of fused-ring (bicyclic) bond motifs is 9. The Balaban J connectivity index is 1.15. The van der Waals surface area contributed by atoms with E-state index in [0.29, 0.717) is 11.1 Å². The highest BCUT2D eigenvalue weighted by Crippen LogP contribution is 2.41. The Hall–Kier alpha value is -7.86. The fourth-order valence-corrected chi connectivity index (χ4v) is 8.81. The minimum Gasteiger partial charge on any atom is -0.307 e. The fourth-order valence-electron chi connectivity index (χ4n) is 8.81. The van der Waals surface area contributed by atoms with Gasteiger partial charge in [-0.05, 0) is 66.2 Å². The molecule has 0 aliphatic carbocycles. The maximum atomic E-state index is 10.5. The van der Waals surface area contributed by atoms with Gasteiger partial charge in [0.15, 0.2) is 0 Å². The maximum absolute atomic E-state index is 10.5. The number of hydrogen-bond donors (Lipinski definition) is 0. The normalized spacial score (nSPS) is 11.6. The van der Waals surface area contributed by atoms with Crippen molar-refractivity contribution in [2.45, 2.75) is 0 Å². The Morgan fingerprint density at radius 2 is 0.909 bits per heavy atom. The van der Waals surface area contributed by atoms with Crippen molar-refractivity contribution < 1.29 is 0 Å². The highest BCUT2D eigenvalue weighted by molar-refractivity contribution is 6.15. The molecule has 0 amide bonds. The maximum Gasteiger partial charge on any atom is 0.101 e. The van der Waals surface area contributed by atoms with Gasteiger partial charge in [0.25, 0.3) is 0 Å². The van der Waals surface area contributed by atoms with Crippen LogP contribution in [-0.2, 0) is 0 Å². The van der Waals surface area contributed by atoms with Gasteiger partial charge in [-0.1, -0.05) is 115 Å². The molecule has 0 aliphatic heterocycles. The standard InChI is InChI=1S/C50H29N5/c51-30-32-23-28-41-39-14-3-8-21-46(39)55(48(41)29-32)49-34(31-52)11-9-16-36(49)33-24-26-35(27-25-33)53-43-18-5-4-15-40(43)42-17-10-22-47(50(42)53)54-44-19-6-1-12-37(44)38-13-2-7-20-45(38)54/h1-29H. The molecule has 0 radical (unpaired) electrons. The number of hydrogen-bond acceptors (Lipinski definition) is 2. The Morgan fingerprint density at radius 3 is 1.53 bits per heavy atom. The molecule has 3 heterocycles. The van der Waals surface area contributed by atoms with Crippen LogP contribution in [0.4, 0.5) is 0 Å². The second kappa shape index (κ2) is 11.8. The van der Waals surface area contributed by atoms with Crippen LogP contribution in [0.2, 0.25) is 0 Å². The van der Waals surface area contributed by atoms with E-state index in [1.54, 1.807) is 0 Å². The molecule has 0 N–H and O–H groups in total. The Kier molecular flexibility index (Phi) is 6.61. The van der Waals surface area contributed by atoms with Crippen molar-refractivity contribution in [3.63, 3.8) is 0 Å². The van der Waals surface area contributed by atoms with E-state index in [-0.39, 0.29) is 0 Å². The smallest absolute Gasteiger partial charge is 0.101 e. The molecule has 5 heteroatoms. The molecule has 11 aromatic rings. The minimum atomic E-state index is 0.560. The summed E-state index contributed by atoms with van der Waals surface area (Å²) in [5.74, 6) is 0. The molecule has 55 heavy (non-hydrogen) atoms. The molecule has 0 spiro atoms. The first-order chi connectivity index (χ1) is 27.2. The van der Waals surface area contributed by atoms with Gasteiger partial charge in [-0.25, -0.2) is 0 Å². The third-order valence-corrected chi connectivity index (χ3v) is 11.1. The second-order valence-electron chi connectivity index (χ2n) is 14.0. The zero-order valence-corrected chi connectivity index (χ0v) is 29.5. The van der Waals surface area contributed by atoms with E-state index in [9.17, 15) is 10.5 Å². The number of rotatable bonds is 4. The highest BCUT2D eigenvalue weighted by atomic mass is 15.1. The van der Waals surface area contributed by atoms with Gasteiger partial charge in [-0.15, -0.1) is 0 Å². The zero-order chi connectivity index (χ0) is 36.6. The van der Waals surface area contributed by atoms with Crippen LogP contribution in [0, 0.1) is 22.7 Å². The van der Waals surface area contributed by atoms with Crippen molar-refractivity contribution in [3.05, 3.63) is 187 Å². The molecule has 3 aromatic heterocycles. The topological polar surface area (TPSA) is 62.4 Å². The quantitative estimate of drug-likeness (QED) is 0.184. The lowest BCUT2D eigenvalue weighted by atomic mass is 9.99. The van der Waals surface area contributed by atoms with Crippen molar-refractivity contribution in [2.24, 2.45) is 0 Å². The molecule has 11 rings (SSSR count). The summed E-state index contributed by atoms with van der Waals surface area (Å²) >= 11 is 0. The van der Waals surface area contributed by atoms with Crippen molar-refractivity contribution >= 4 is 65.4 Å². The van der Waals surface area contributed by atoms with Crippen LogP contribution in [0.15, 0.2) is 176 Å². The summed E-state index contributed by atoms with van der Waals surface area (Å²) in [5.41, 5.74) is 12.5. The lowest BCUT2D eigenvalue weighted by Crippen LogP contribution is -2.02. The second-order valence-corrected chi connectivity index (χ2v) is 14.0. The van der Waals surface area contributed by atoms with Crippen LogP contribution in [0.3, 0.4) is 0 Å². The van der Waals surface area contributed by atoms with Gasteiger partial charge >= 0.3 is 0 Å². The van der Waals surface area contributed by atoms with Crippen molar-refractivity contribution in [1.29, 1.82) is 10.5 Å². The number of benzene rings is 8. The molecule has 5 nitrogen and oxygen atoms in total. The molecule has 0 atom stereocenters. The molecule has 0 aliphatic rings. The van der Waals surface area contributed by atoms with Crippen LogP contribution >= 0.6 is 0 Å². The summed E-state index contributed by atoms with van der Waals surface area (Å²) in [4.78, 5) is 0. The van der Waals surface area contributed by atoms with Crippen LogP contribution in [-0.4, -0.2) is 13.7 Å². The summed E-state index contributed by atoms with van der Waals surface area (Å²) in [5, 5.41) is 27.3. The Labute approximate surface area is 316 Å². The molecule has 254 valence electrons. The molecule has 0 unspecified atom stereocenters. The molecular formula is C50H29N5. The molecule has 0 fully saturated rings. The van der Waals surface area contributed by atoms with Gasteiger partial charge in [0.05, 0.1) is 61.7 Å². The van der Waals surface area contributed by atoms with E-state index in [2.05, 4.69) is 159 Å². The van der Waals surface area contributed by atoms with Gasteiger partial charge in [0, 0.05) is 43.6 Å². The Morgan fingerprint density at radius 1 is 0.382 bits per heavy atom. The molecule has 0 bridgehead atoms. The van der Waals surface area contributed by atoms with Gasteiger partial charge in [-0.3, -0.25) is 0 Å².